The normalized spacial score (nSPS) is 15.2. The van der Waals surface area contributed by atoms with E-state index in [1.54, 1.807) is 11.8 Å². The van der Waals surface area contributed by atoms with E-state index in [2.05, 4.69) is 26.0 Å². The number of hydrogen-bond acceptors (Lipinski definition) is 6. The van der Waals surface area contributed by atoms with Gasteiger partial charge in [0.05, 0.1) is 27.9 Å². The van der Waals surface area contributed by atoms with Crippen molar-refractivity contribution in [2.75, 3.05) is 11.5 Å². The Morgan fingerprint density at radius 2 is 1.32 bits per heavy atom. The van der Waals surface area contributed by atoms with Crippen molar-refractivity contribution in [2.24, 2.45) is 0 Å². The Morgan fingerprint density at radius 1 is 0.757 bits per heavy atom. The summed E-state index contributed by atoms with van der Waals surface area (Å²) in [5, 5.41) is 1.63. The molecule has 6 rings (SSSR count). The number of aromatic nitrogens is 4. The summed E-state index contributed by atoms with van der Waals surface area (Å²) in [6, 6.07) is 15.6. The predicted octanol–water partition coefficient (Wildman–Crippen LogP) is 5.34. The van der Waals surface area contributed by atoms with Crippen molar-refractivity contribution >= 4 is 33.9 Å². The largest absolute Gasteiger partial charge is 0.398 e. The minimum atomic E-state index is -1.16. The molecule has 0 radical (unpaired) electrons. The minimum Gasteiger partial charge on any atom is -0.398 e. The van der Waals surface area contributed by atoms with Gasteiger partial charge >= 0.3 is 0 Å². The van der Waals surface area contributed by atoms with E-state index < -0.39 is 10.8 Å². The number of rotatable bonds is 6. The number of aromatic amines is 2. The van der Waals surface area contributed by atoms with Gasteiger partial charge in [-0.3, -0.25) is 4.21 Å². The molecule has 2 aliphatic rings. The fraction of sp³-hybridized carbons (Fsp3) is 0.357. The number of anilines is 2. The summed E-state index contributed by atoms with van der Waals surface area (Å²) in [5.41, 5.74) is 20.3. The van der Waals surface area contributed by atoms with Crippen LogP contribution in [0.4, 0.5) is 11.4 Å². The number of nitrogen functional groups attached to an aromatic ring is 2. The standard InChI is InChI=1S/C14H17N3OS.C14H17N3S/c15-11-6-2-1-5-10(11)9-19(18)14-16-12-7-3-4-8-13(12)17-14;15-11-6-2-1-5-10(11)9-18-14-16-12-7-3-4-8-13(12)17-14/h1-2,5-6H,3-4,7-9,15H2,(H,16,17);1-2,5-6H,3-4,7-9,15H2,(H,16,17). The Labute approximate surface area is 224 Å². The molecule has 2 aliphatic carbocycles. The molecule has 1 atom stereocenters. The number of hydrogen-bond donors (Lipinski definition) is 4. The number of aryl methyl sites for hydroxylation is 4. The number of imidazole rings is 2. The van der Waals surface area contributed by atoms with E-state index in [4.69, 9.17) is 11.5 Å². The molecule has 0 aliphatic heterocycles. The smallest absolute Gasteiger partial charge is 0.197 e. The summed E-state index contributed by atoms with van der Waals surface area (Å²) in [7, 11) is -1.16. The Morgan fingerprint density at radius 3 is 1.95 bits per heavy atom. The summed E-state index contributed by atoms with van der Waals surface area (Å²) in [6.07, 6.45) is 9.21. The number of benzene rings is 2. The lowest BCUT2D eigenvalue weighted by Gasteiger charge is -2.07. The molecule has 0 spiro atoms. The third-order valence-corrected chi connectivity index (χ3v) is 8.96. The Hall–Kier alpha value is -3.04. The summed E-state index contributed by atoms with van der Waals surface area (Å²) in [5.74, 6) is 1.29. The lowest BCUT2D eigenvalue weighted by atomic mass is 10.0. The van der Waals surface area contributed by atoms with Crippen molar-refractivity contribution in [1.29, 1.82) is 0 Å². The fourth-order valence-corrected chi connectivity index (χ4v) is 6.77. The highest BCUT2D eigenvalue weighted by molar-refractivity contribution is 7.98. The van der Waals surface area contributed by atoms with Gasteiger partial charge in [0.15, 0.2) is 10.3 Å². The van der Waals surface area contributed by atoms with Gasteiger partial charge in [-0.1, -0.05) is 48.2 Å². The predicted molar refractivity (Wildman–Crippen MR) is 152 cm³/mol. The van der Waals surface area contributed by atoms with Crippen molar-refractivity contribution < 1.29 is 4.21 Å². The van der Waals surface area contributed by atoms with E-state index >= 15 is 0 Å². The van der Waals surface area contributed by atoms with Crippen molar-refractivity contribution in [2.45, 2.75) is 73.2 Å². The quantitative estimate of drug-likeness (QED) is 0.195. The molecule has 1 unspecified atom stereocenters. The van der Waals surface area contributed by atoms with Gasteiger partial charge in [-0.15, -0.1) is 0 Å². The van der Waals surface area contributed by atoms with E-state index in [0.29, 0.717) is 16.6 Å². The second-order valence-corrected chi connectivity index (χ2v) is 11.9. The molecule has 0 fully saturated rings. The average Bonchev–Trinajstić information content (AvgIpc) is 3.54. The molecule has 6 N–H and O–H groups in total. The molecule has 4 aromatic rings. The highest BCUT2D eigenvalue weighted by Crippen LogP contribution is 2.27. The van der Waals surface area contributed by atoms with Gasteiger partial charge in [-0.25, -0.2) is 9.97 Å². The Bertz CT molecular complexity index is 1330. The Kier molecular flexibility index (Phi) is 8.31. The first-order valence-electron chi connectivity index (χ1n) is 12.9. The van der Waals surface area contributed by atoms with Crippen LogP contribution in [0.15, 0.2) is 58.8 Å². The van der Waals surface area contributed by atoms with E-state index in [1.807, 2.05) is 42.5 Å². The van der Waals surface area contributed by atoms with Crippen LogP contribution in [0.25, 0.3) is 0 Å². The van der Waals surface area contributed by atoms with Crippen LogP contribution in [0, 0.1) is 0 Å². The first-order valence-corrected chi connectivity index (χ1v) is 15.2. The van der Waals surface area contributed by atoms with Crippen LogP contribution in [-0.2, 0) is 48.0 Å². The fourth-order valence-electron chi connectivity index (χ4n) is 4.72. The summed E-state index contributed by atoms with van der Waals surface area (Å²) >= 11 is 1.73. The zero-order chi connectivity index (χ0) is 25.6. The number of nitrogens with one attached hydrogen (secondary N) is 2. The van der Waals surface area contributed by atoms with Crippen LogP contribution in [0.2, 0.25) is 0 Å². The molecule has 194 valence electrons. The SMILES string of the molecule is Nc1ccccc1CS(=O)c1nc2c([nH]1)CCCC2.Nc1ccccc1CSc1nc2c([nH]1)CCCC2. The van der Waals surface area contributed by atoms with Gasteiger partial charge in [0.25, 0.3) is 0 Å². The maximum absolute atomic E-state index is 12.3. The first-order chi connectivity index (χ1) is 18.1. The average molecular weight is 535 g/mol. The number of fused-ring (bicyclic) bond motifs is 2. The molecule has 0 bridgehead atoms. The molecule has 2 aromatic heterocycles. The summed E-state index contributed by atoms with van der Waals surface area (Å²) in [6.45, 7) is 0. The van der Waals surface area contributed by atoms with Crippen LogP contribution < -0.4 is 11.5 Å². The van der Waals surface area contributed by atoms with Gasteiger partial charge in [0, 0.05) is 28.5 Å². The van der Waals surface area contributed by atoms with Crippen molar-refractivity contribution in [3.8, 4) is 0 Å². The lowest BCUT2D eigenvalue weighted by molar-refractivity contribution is 0.667. The van der Waals surface area contributed by atoms with E-state index in [9.17, 15) is 4.21 Å². The molecule has 2 aromatic carbocycles. The van der Waals surface area contributed by atoms with Crippen LogP contribution in [-0.4, -0.2) is 24.1 Å². The third kappa shape index (κ3) is 6.45. The monoisotopic (exact) mass is 534 g/mol. The van der Waals surface area contributed by atoms with Crippen molar-refractivity contribution in [3.05, 3.63) is 82.4 Å². The lowest BCUT2D eigenvalue weighted by Crippen LogP contribution is -2.01. The molecule has 9 heteroatoms. The number of nitrogens with two attached hydrogens (primary N) is 2. The number of nitrogens with zero attached hydrogens (tertiary/aromatic N) is 2. The van der Waals surface area contributed by atoms with Crippen LogP contribution >= 0.6 is 11.8 Å². The molecule has 7 nitrogen and oxygen atoms in total. The maximum atomic E-state index is 12.3. The van der Waals surface area contributed by atoms with Crippen molar-refractivity contribution in [1.82, 2.24) is 19.9 Å². The zero-order valence-corrected chi connectivity index (χ0v) is 22.6. The van der Waals surface area contributed by atoms with E-state index in [-0.39, 0.29) is 0 Å². The molecular weight excluding hydrogens is 500 g/mol. The second-order valence-electron chi connectivity index (χ2n) is 9.52. The van der Waals surface area contributed by atoms with Gasteiger partial charge < -0.3 is 21.4 Å². The van der Waals surface area contributed by atoms with E-state index in [1.165, 1.54) is 42.6 Å². The summed E-state index contributed by atoms with van der Waals surface area (Å²) in [4.78, 5) is 15.8. The second kappa shape index (κ2) is 12.0. The molecular formula is C28H34N6OS2. The van der Waals surface area contributed by atoms with Crippen LogP contribution in [0.5, 0.6) is 0 Å². The summed E-state index contributed by atoms with van der Waals surface area (Å²) < 4.78 is 12.3. The zero-order valence-electron chi connectivity index (χ0n) is 21.0. The van der Waals surface area contributed by atoms with Gasteiger partial charge in [0.2, 0.25) is 0 Å². The molecule has 0 saturated heterocycles. The minimum absolute atomic E-state index is 0.416. The highest BCUT2D eigenvalue weighted by Gasteiger charge is 2.18. The Balaban J connectivity index is 0.000000152. The number of H-pyrrole nitrogens is 2. The number of thioether (sulfide) groups is 1. The van der Waals surface area contributed by atoms with Gasteiger partial charge in [0.1, 0.15) is 0 Å². The highest BCUT2D eigenvalue weighted by atomic mass is 32.2. The molecule has 0 amide bonds. The molecule has 0 saturated carbocycles. The topological polar surface area (TPSA) is 126 Å². The first kappa shape index (κ1) is 25.6. The molecule has 37 heavy (non-hydrogen) atoms. The maximum Gasteiger partial charge on any atom is 0.197 e. The molecule has 2 heterocycles. The van der Waals surface area contributed by atoms with E-state index in [0.717, 1.165) is 59.2 Å². The third-order valence-electron chi connectivity index (χ3n) is 6.84. The van der Waals surface area contributed by atoms with Gasteiger partial charge in [-0.2, -0.15) is 0 Å². The van der Waals surface area contributed by atoms with Gasteiger partial charge in [-0.05, 0) is 74.6 Å². The number of para-hydroxylation sites is 2. The van der Waals surface area contributed by atoms with Crippen LogP contribution in [0.1, 0.15) is 59.6 Å². The van der Waals surface area contributed by atoms with Crippen molar-refractivity contribution in [3.63, 3.8) is 0 Å². The van der Waals surface area contributed by atoms with Crippen LogP contribution in [0.3, 0.4) is 0 Å².